The molecule has 25 heavy (non-hydrogen) atoms. The maximum Gasteiger partial charge on any atom is 0.171 e. The third-order valence-corrected chi connectivity index (χ3v) is 4.67. The highest BCUT2D eigenvalue weighted by molar-refractivity contribution is 7.80. The van der Waals surface area contributed by atoms with E-state index in [1.807, 2.05) is 12.1 Å². The van der Waals surface area contributed by atoms with Gasteiger partial charge in [0.05, 0.1) is 13.1 Å². The molecule has 2 rings (SSSR count). The van der Waals surface area contributed by atoms with Gasteiger partial charge < -0.3 is 15.5 Å². The van der Waals surface area contributed by atoms with Gasteiger partial charge in [-0.25, -0.2) is 4.39 Å². The topological polar surface area (TPSA) is 28.5 Å². The van der Waals surface area contributed by atoms with Gasteiger partial charge in [-0.1, -0.05) is 30.3 Å². The van der Waals surface area contributed by atoms with Gasteiger partial charge in [-0.2, -0.15) is 0 Å². The molecule has 0 aliphatic carbocycles. The van der Waals surface area contributed by atoms with E-state index in [0.717, 1.165) is 19.6 Å². The molecule has 0 aliphatic rings. The number of nitrogens with one attached hydrogen (secondary N) is 3. The molecule has 5 heteroatoms. The summed E-state index contributed by atoms with van der Waals surface area (Å²) in [5.74, 6) is -0.236. The summed E-state index contributed by atoms with van der Waals surface area (Å²) in [6, 6.07) is 13.4. The van der Waals surface area contributed by atoms with Crippen LogP contribution in [0.15, 0.2) is 42.5 Å². The first-order valence-corrected chi connectivity index (χ1v) is 9.15. The molecule has 3 nitrogen and oxygen atoms in total. The van der Waals surface area contributed by atoms with Crippen LogP contribution in [0.1, 0.15) is 30.5 Å². The van der Waals surface area contributed by atoms with Crippen LogP contribution in [0.2, 0.25) is 0 Å². The summed E-state index contributed by atoms with van der Waals surface area (Å²) < 4.78 is 13.6. The number of aryl methyl sites for hydroxylation is 1. The van der Waals surface area contributed by atoms with Crippen LogP contribution < -0.4 is 15.5 Å². The maximum atomic E-state index is 13.6. The monoisotopic (exact) mass is 360 g/mol. The molecule has 0 saturated heterocycles. The molecule has 0 radical (unpaired) electrons. The minimum atomic E-state index is -0.236. The van der Waals surface area contributed by atoms with Crippen LogP contribution in [-0.4, -0.2) is 18.2 Å². The van der Waals surface area contributed by atoms with Crippen LogP contribution in [0.4, 0.5) is 10.1 Å². The molecule has 0 heterocycles. The Balaban J connectivity index is 1.96. The van der Waals surface area contributed by atoms with Crippen molar-refractivity contribution in [3.8, 4) is 0 Å². The average Bonchev–Trinajstić information content (AvgIpc) is 2.62. The highest BCUT2D eigenvalue weighted by Crippen LogP contribution is 2.13. The van der Waals surface area contributed by atoms with Crippen LogP contribution in [0.3, 0.4) is 0 Å². The number of anilines is 1. The fourth-order valence-corrected chi connectivity index (χ4v) is 2.88. The number of rotatable bonds is 7. The van der Waals surface area contributed by atoms with Crippen LogP contribution in [0.25, 0.3) is 0 Å². The summed E-state index contributed by atoms with van der Waals surface area (Å²) in [5, 5.41) is 6.75. The molecule has 0 spiro atoms. The molecule has 0 unspecified atom stereocenters. The molecule has 0 aliphatic heterocycles. The fourth-order valence-electron chi connectivity index (χ4n) is 2.69. The number of hydrogen-bond donors (Lipinski definition) is 3. The van der Waals surface area contributed by atoms with Gasteiger partial charge in [-0.3, -0.25) is 0 Å². The summed E-state index contributed by atoms with van der Waals surface area (Å²) in [5.41, 5.74) is 3.85. The van der Waals surface area contributed by atoms with Gasteiger partial charge in [0.25, 0.3) is 0 Å². The maximum absolute atomic E-state index is 13.6. The van der Waals surface area contributed by atoms with Gasteiger partial charge in [-0.05, 0) is 56.2 Å². The van der Waals surface area contributed by atoms with Crippen molar-refractivity contribution < 1.29 is 9.29 Å². The Morgan fingerprint density at radius 3 is 2.40 bits per heavy atom. The van der Waals surface area contributed by atoms with Crippen LogP contribution in [-0.2, 0) is 13.1 Å². The molecule has 0 atom stereocenters. The first-order chi connectivity index (χ1) is 12.0. The quantitative estimate of drug-likeness (QED) is 0.663. The lowest BCUT2D eigenvalue weighted by Crippen LogP contribution is -3.10. The first kappa shape index (κ1) is 19.3. The summed E-state index contributed by atoms with van der Waals surface area (Å²) in [6.45, 7) is 10.0. The van der Waals surface area contributed by atoms with Crippen molar-refractivity contribution >= 4 is 23.0 Å². The molecule has 2 aromatic carbocycles. The number of quaternary nitrogens is 1. The van der Waals surface area contributed by atoms with E-state index >= 15 is 0 Å². The Bertz CT molecular complexity index is 714. The number of thiocarbonyl (C=S) groups is 1. The minimum absolute atomic E-state index is 0.236. The third-order valence-electron chi connectivity index (χ3n) is 4.43. The van der Waals surface area contributed by atoms with Gasteiger partial charge in [0.1, 0.15) is 12.4 Å². The fraction of sp³-hybridized carbons (Fsp3) is 0.350. The second kappa shape index (κ2) is 9.49. The van der Waals surface area contributed by atoms with Gasteiger partial charge >= 0.3 is 0 Å². The van der Waals surface area contributed by atoms with Crippen molar-refractivity contribution in [2.75, 3.05) is 18.4 Å². The van der Waals surface area contributed by atoms with E-state index in [1.165, 1.54) is 17.2 Å². The molecule has 2 aromatic rings. The Morgan fingerprint density at radius 1 is 1.08 bits per heavy atom. The van der Waals surface area contributed by atoms with Crippen molar-refractivity contribution in [2.45, 2.75) is 33.9 Å². The van der Waals surface area contributed by atoms with E-state index in [1.54, 1.807) is 17.9 Å². The van der Waals surface area contributed by atoms with Crippen molar-refractivity contribution in [1.82, 2.24) is 5.32 Å². The highest BCUT2D eigenvalue weighted by atomic mass is 32.1. The molecular formula is C20H27FN3S+. The summed E-state index contributed by atoms with van der Waals surface area (Å²) in [7, 11) is 0. The van der Waals surface area contributed by atoms with E-state index in [2.05, 4.69) is 42.7 Å². The first-order valence-electron chi connectivity index (χ1n) is 8.74. The summed E-state index contributed by atoms with van der Waals surface area (Å²) >= 11 is 5.34. The summed E-state index contributed by atoms with van der Waals surface area (Å²) in [6.07, 6.45) is 0. The number of halogens is 1. The lowest BCUT2D eigenvalue weighted by Gasteiger charge is -2.18. The Kier molecular flexibility index (Phi) is 7.34. The van der Waals surface area contributed by atoms with E-state index in [0.29, 0.717) is 22.9 Å². The largest absolute Gasteiger partial charge is 0.358 e. The average molecular weight is 361 g/mol. The Morgan fingerprint density at radius 2 is 1.76 bits per heavy atom. The van der Waals surface area contributed by atoms with E-state index < -0.39 is 0 Å². The minimum Gasteiger partial charge on any atom is -0.358 e. The lowest BCUT2D eigenvalue weighted by atomic mass is 10.1. The standard InChI is InChI=1S/C20H26FN3S/c1-4-24(5-2)14-17-9-7-6-8-16(17)13-22-20(25)23-18-11-10-15(3)19(21)12-18/h6-12H,4-5,13-14H2,1-3H3,(H2,22,23,25)/p+1. The van der Waals surface area contributed by atoms with Crippen LogP contribution in [0.5, 0.6) is 0 Å². The van der Waals surface area contributed by atoms with E-state index in [4.69, 9.17) is 12.2 Å². The van der Waals surface area contributed by atoms with Gasteiger partial charge in [0, 0.05) is 17.8 Å². The predicted molar refractivity (Wildman–Crippen MR) is 106 cm³/mol. The molecular weight excluding hydrogens is 333 g/mol. The highest BCUT2D eigenvalue weighted by Gasteiger charge is 2.09. The molecule has 3 N–H and O–H groups in total. The zero-order valence-electron chi connectivity index (χ0n) is 15.2. The van der Waals surface area contributed by atoms with E-state index in [-0.39, 0.29) is 5.82 Å². The number of hydrogen-bond acceptors (Lipinski definition) is 1. The Labute approximate surface area is 155 Å². The van der Waals surface area contributed by atoms with Gasteiger partial charge in [0.2, 0.25) is 0 Å². The summed E-state index contributed by atoms with van der Waals surface area (Å²) in [4.78, 5) is 1.54. The SMILES string of the molecule is CC[NH+](CC)Cc1ccccc1CNC(=S)Nc1ccc(C)c(F)c1. The van der Waals surface area contributed by atoms with Gasteiger partial charge in [-0.15, -0.1) is 0 Å². The van der Waals surface area contributed by atoms with Crippen molar-refractivity contribution in [3.05, 3.63) is 65.0 Å². The van der Waals surface area contributed by atoms with Gasteiger partial charge in [0.15, 0.2) is 5.11 Å². The molecule has 0 bridgehead atoms. The van der Waals surface area contributed by atoms with Crippen molar-refractivity contribution in [1.29, 1.82) is 0 Å². The lowest BCUT2D eigenvalue weighted by molar-refractivity contribution is -0.910. The zero-order chi connectivity index (χ0) is 18.2. The van der Waals surface area contributed by atoms with E-state index in [9.17, 15) is 4.39 Å². The second-order valence-corrected chi connectivity index (χ2v) is 6.58. The predicted octanol–water partition coefficient (Wildman–Crippen LogP) is 3.05. The molecule has 0 fully saturated rings. The molecule has 0 saturated carbocycles. The zero-order valence-corrected chi connectivity index (χ0v) is 16.0. The van der Waals surface area contributed by atoms with Crippen molar-refractivity contribution in [2.24, 2.45) is 0 Å². The Hall–Kier alpha value is -1.98. The molecule has 0 aromatic heterocycles. The number of benzene rings is 2. The smallest absolute Gasteiger partial charge is 0.171 e. The molecule has 134 valence electrons. The molecule has 0 amide bonds. The van der Waals surface area contributed by atoms with Crippen LogP contribution in [0, 0.1) is 12.7 Å². The van der Waals surface area contributed by atoms with Crippen LogP contribution >= 0.6 is 12.2 Å². The third kappa shape index (κ3) is 5.80. The normalized spacial score (nSPS) is 10.8. The second-order valence-electron chi connectivity index (χ2n) is 6.17. The van der Waals surface area contributed by atoms with Crippen molar-refractivity contribution in [3.63, 3.8) is 0 Å².